The largest absolute Gasteiger partial charge is 0.379 e. The summed E-state index contributed by atoms with van der Waals surface area (Å²) >= 11 is 18.0. The van der Waals surface area contributed by atoms with Gasteiger partial charge in [-0.1, -0.05) is 6.92 Å². The fourth-order valence-corrected chi connectivity index (χ4v) is 2.93. The van der Waals surface area contributed by atoms with E-state index in [1.807, 2.05) is 6.92 Å². The van der Waals surface area contributed by atoms with Gasteiger partial charge in [0.05, 0.1) is 11.5 Å². The molecule has 81 valence electrons. The number of ether oxygens (including phenoxy) is 1. The maximum Gasteiger partial charge on any atom is 0.200 e. The maximum atomic E-state index is 10.2. The Morgan fingerprint density at radius 2 is 2.07 bits per heavy atom. The molecule has 0 spiro atoms. The third-order valence-corrected chi connectivity index (χ3v) is 4.30. The van der Waals surface area contributed by atoms with Crippen molar-refractivity contribution < 1.29 is 9.53 Å². The van der Waals surface area contributed by atoms with Crippen LogP contribution in [0.4, 0.5) is 0 Å². The molecule has 0 bridgehead atoms. The quantitative estimate of drug-likeness (QED) is 0.709. The minimum Gasteiger partial charge on any atom is -0.379 e. The number of hydrogen-bond donors (Lipinski definition) is 0. The molecule has 0 aromatic heterocycles. The second-order valence-corrected chi connectivity index (χ2v) is 5.86. The predicted molar refractivity (Wildman–Crippen MR) is 57.9 cm³/mol. The number of methoxy groups -OCH3 is 1. The maximum absolute atomic E-state index is 10.2. The summed E-state index contributed by atoms with van der Waals surface area (Å²) in [6.07, 6.45) is 2.20. The first-order chi connectivity index (χ1) is 6.39. The Balaban J connectivity index is 2.68. The van der Waals surface area contributed by atoms with E-state index in [0.717, 1.165) is 0 Å². The summed E-state index contributed by atoms with van der Waals surface area (Å²) in [4.78, 5) is 10.2. The molecule has 0 amide bonds. The van der Waals surface area contributed by atoms with Gasteiger partial charge < -0.3 is 4.74 Å². The lowest BCUT2D eigenvalue weighted by Gasteiger charge is -2.27. The van der Waals surface area contributed by atoms with Crippen molar-refractivity contribution in [3.8, 4) is 0 Å². The zero-order valence-corrected chi connectivity index (χ0v) is 10.3. The second kappa shape index (κ2) is 4.17. The van der Waals surface area contributed by atoms with E-state index in [4.69, 9.17) is 39.5 Å². The number of hydrogen-bond acceptors (Lipinski definition) is 2. The Kier molecular flexibility index (Phi) is 3.74. The molecular formula is C9H12Cl3O2. The Morgan fingerprint density at radius 1 is 1.57 bits per heavy atom. The van der Waals surface area contributed by atoms with Gasteiger partial charge in [-0.15, -0.1) is 34.8 Å². The topological polar surface area (TPSA) is 26.3 Å². The highest BCUT2D eigenvalue weighted by molar-refractivity contribution is 6.51. The number of halogens is 3. The average Bonchev–Trinajstić information content (AvgIpc) is 2.52. The van der Waals surface area contributed by atoms with Crippen LogP contribution in [0.3, 0.4) is 0 Å². The first-order valence-corrected chi connectivity index (χ1v) is 5.48. The zero-order valence-electron chi connectivity index (χ0n) is 8.02. The molecule has 3 atom stereocenters. The molecule has 0 aromatic carbocycles. The van der Waals surface area contributed by atoms with E-state index in [-0.39, 0.29) is 17.9 Å². The summed E-state index contributed by atoms with van der Waals surface area (Å²) in [5, 5.41) is -0.429. The summed E-state index contributed by atoms with van der Waals surface area (Å²) in [5.41, 5.74) is -0.367. The third-order valence-electron chi connectivity index (χ3n) is 2.79. The molecule has 1 saturated carbocycles. The molecule has 1 radical (unpaired) electrons. The summed E-state index contributed by atoms with van der Waals surface area (Å²) < 4.78 is 4.46. The third kappa shape index (κ3) is 2.04. The minimum atomic E-state index is -0.788. The predicted octanol–water partition coefficient (Wildman–Crippen LogP) is 2.69. The first-order valence-electron chi connectivity index (χ1n) is 4.29. The lowest BCUT2D eigenvalue weighted by molar-refractivity contribution is 0.0441. The van der Waals surface area contributed by atoms with Crippen molar-refractivity contribution >= 4 is 41.1 Å². The van der Waals surface area contributed by atoms with Crippen LogP contribution in [0.1, 0.15) is 19.8 Å². The van der Waals surface area contributed by atoms with Crippen molar-refractivity contribution in [2.24, 2.45) is 5.41 Å². The molecule has 1 rings (SSSR count). The Morgan fingerprint density at radius 3 is 2.36 bits per heavy atom. The second-order valence-electron chi connectivity index (χ2n) is 3.82. The highest BCUT2D eigenvalue weighted by Crippen LogP contribution is 2.67. The summed E-state index contributed by atoms with van der Waals surface area (Å²) in [6, 6.07) is 0. The normalized spacial score (nSPS) is 33.5. The van der Waals surface area contributed by atoms with Gasteiger partial charge in [-0.25, -0.2) is 0 Å². The van der Waals surface area contributed by atoms with E-state index in [1.165, 1.54) is 7.11 Å². The Hall–Kier alpha value is 0.500. The standard InChI is InChI=1S/C9H12Cl3O2/c1-8(5-9(8,11)12)7(14-2)6(10)3-4-13/h6-7H,3,5H2,1-2H3. The summed E-state index contributed by atoms with van der Waals surface area (Å²) in [6.45, 7) is 1.90. The van der Waals surface area contributed by atoms with Crippen LogP contribution < -0.4 is 0 Å². The van der Waals surface area contributed by atoms with Crippen molar-refractivity contribution in [1.82, 2.24) is 0 Å². The molecule has 0 saturated heterocycles. The molecule has 0 aromatic rings. The lowest BCUT2D eigenvalue weighted by Crippen LogP contribution is -2.35. The van der Waals surface area contributed by atoms with Crippen LogP contribution in [0.2, 0.25) is 0 Å². The SMILES string of the molecule is COC(C(Cl)C[C]=O)C1(C)CC1(Cl)Cl. The number of alkyl halides is 3. The van der Waals surface area contributed by atoms with Crippen LogP contribution in [0.5, 0.6) is 0 Å². The molecule has 5 heteroatoms. The van der Waals surface area contributed by atoms with Crippen molar-refractivity contribution in [2.45, 2.75) is 35.6 Å². The van der Waals surface area contributed by atoms with Crippen molar-refractivity contribution in [2.75, 3.05) is 7.11 Å². The van der Waals surface area contributed by atoms with E-state index < -0.39 is 9.71 Å². The van der Waals surface area contributed by atoms with Crippen LogP contribution in [0, 0.1) is 5.41 Å². The monoisotopic (exact) mass is 257 g/mol. The average molecular weight is 259 g/mol. The van der Waals surface area contributed by atoms with Gasteiger partial charge in [0.15, 0.2) is 6.29 Å². The fourth-order valence-electron chi connectivity index (χ4n) is 1.72. The van der Waals surface area contributed by atoms with Crippen molar-refractivity contribution in [1.29, 1.82) is 0 Å². The van der Waals surface area contributed by atoms with E-state index in [9.17, 15) is 4.79 Å². The molecule has 1 fully saturated rings. The molecule has 3 unspecified atom stereocenters. The van der Waals surface area contributed by atoms with Crippen LogP contribution in [0.15, 0.2) is 0 Å². The number of carbonyl (C=O) groups excluding carboxylic acids is 1. The van der Waals surface area contributed by atoms with Gasteiger partial charge in [0.25, 0.3) is 0 Å². The van der Waals surface area contributed by atoms with E-state index >= 15 is 0 Å². The van der Waals surface area contributed by atoms with Gasteiger partial charge in [0.1, 0.15) is 4.33 Å². The van der Waals surface area contributed by atoms with E-state index in [2.05, 4.69) is 0 Å². The highest BCUT2D eigenvalue weighted by atomic mass is 35.5. The van der Waals surface area contributed by atoms with Crippen LogP contribution in [-0.4, -0.2) is 29.2 Å². The summed E-state index contributed by atoms with van der Waals surface area (Å²) in [5.74, 6) is 0. The smallest absolute Gasteiger partial charge is 0.200 e. The lowest BCUT2D eigenvalue weighted by atomic mass is 9.97. The van der Waals surface area contributed by atoms with Gasteiger partial charge in [0.2, 0.25) is 0 Å². The van der Waals surface area contributed by atoms with E-state index in [0.29, 0.717) is 6.42 Å². The highest BCUT2D eigenvalue weighted by Gasteiger charge is 2.68. The van der Waals surface area contributed by atoms with Crippen LogP contribution in [0.25, 0.3) is 0 Å². The zero-order chi connectivity index (χ0) is 11.0. The molecule has 14 heavy (non-hydrogen) atoms. The van der Waals surface area contributed by atoms with E-state index in [1.54, 1.807) is 6.29 Å². The molecule has 1 aliphatic carbocycles. The van der Waals surface area contributed by atoms with Gasteiger partial charge in [-0.2, -0.15) is 0 Å². The summed E-state index contributed by atoms with van der Waals surface area (Å²) in [7, 11) is 1.54. The Bertz CT molecular complexity index is 232. The minimum absolute atomic E-state index is 0.125. The van der Waals surface area contributed by atoms with Crippen LogP contribution >= 0.6 is 34.8 Å². The van der Waals surface area contributed by atoms with Gasteiger partial charge >= 0.3 is 0 Å². The molecular weight excluding hydrogens is 246 g/mol. The van der Waals surface area contributed by atoms with Gasteiger partial charge in [-0.05, 0) is 6.42 Å². The fraction of sp³-hybridized carbons (Fsp3) is 0.889. The molecule has 2 nitrogen and oxygen atoms in total. The molecule has 0 heterocycles. The molecule has 0 aliphatic heterocycles. The van der Waals surface area contributed by atoms with Gasteiger partial charge in [0, 0.05) is 18.9 Å². The first kappa shape index (κ1) is 12.6. The molecule has 0 N–H and O–H groups in total. The van der Waals surface area contributed by atoms with Crippen molar-refractivity contribution in [3.63, 3.8) is 0 Å². The van der Waals surface area contributed by atoms with Crippen molar-refractivity contribution in [3.05, 3.63) is 0 Å². The Labute approximate surface area is 98.8 Å². The number of rotatable bonds is 5. The van der Waals surface area contributed by atoms with Gasteiger partial charge in [-0.3, -0.25) is 4.79 Å². The van der Waals surface area contributed by atoms with Crippen LogP contribution in [-0.2, 0) is 9.53 Å². The molecule has 1 aliphatic rings.